The maximum Gasteiger partial charge on any atom is 0.269 e. The summed E-state index contributed by atoms with van der Waals surface area (Å²) in [4.78, 5) is 4.74. The third-order valence-electron chi connectivity index (χ3n) is 3.82. The Bertz CT molecular complexity index is 941. The van der Waals surface area contributed by atoms with Crippen LogP contribution in [0.25, 0.3) is 11.3 Å². The minimum atomic E-state index is -3.65. The lowest BCUT2D eigenvalue weighted by molar-refractivity contribution is 0.584. The van der Waals surface area contributed by atoms with E-state index >= 15 is 0 Å². The van der Waals surface area contributed by atoms with Gasteiger partial charge in [-0.1, -0.05) is 48.0 Å². The van der Waals surface area contributed by atoms with Gasteiger partial charge in [0.25, 0.3) is 10.0 Å². The summed E-state index contributed by atoms with van der Waals surface area (Å²) in [6.45, 7) is 5.43. The predicted molar refractivity (Wildman–Crippen MR) is 90.9 cm³/mol. The second-order valence-corrected chi connectivity index (χ2v) is 7.33. The van der Waals surface area contributed by atoms with Crippen molar-refractivity contribution in [1.82, 2.24) is 8.96 Å². The largest absolute Gasteiger partial charge is 0.269 e. The van der Waals surface area contributed by atoms with Crippen molar-refractivity contribution in [3.63, 3.8) is 0 Å². The van der Waals surface area contributed by atoms with Crippen molar-refractivity contribution in [2.24, 2.45) is 0 Å². The molecule has 0 aliphatic heterocycles. The molecule has 0 spiro atoms. The molecule has 118 valence electrons. The molecule has 0 radical (unpaired) electrons. The number of hydrogen-bond donors (Lipinski definition) is 0. The van der Waals surface area contributed by atoms with Crippen molar-refractivity contribution < 1.29 is 8.42 Å². The lowest BCUT2D eigenvalue weighted by atomic mass is 10.1. The lowest BCUT2D eigenvalue weighted by Gasteiger charge is -2.10. The molecule has 0 amide bonds. The van der Waals surface area contributed by atoms with Gasteiger partial charge in [-0.25, -0.2) is 17.4 Å². The van der Waals surface area contributed by atoms with Crippen LogP contribution in [0.4, 0.5) is 0 Å². The van der Waals surface area contributed by atoms with Gasteiger partial charge < -0.3 is 0 Å². The second kappa shape index (κ2) is 5.66. The van der Waals surface area contributed by atoms with Crippen molar-refractivity contribution in [2.75, 3.05) is 0 Å². The molecule has 0 aliphatic carbocycles. The van der Waals surface area contributed by atoms with E-state index in [2.05, 4.69) is 4.98 Å². The molecule has 5 heteroatoms. The van der Waals surface area contributed by atoms with Crippen molar-refractivity contribution in [3.8, 4) is 11.3 Å². The van der Waals surface area contributed by atoms with Crippen LogP contribution in [0.3, 0.4) is 0 Å². The van der Waals surface area contributed by atoms with E-state index in [1.165, 1.54) is 3.97 Å². The normalized spacial score (nSPS) is 11.6. The molecule has 23 heavy (non-hydrogen) atoms. The van der Waals surface area contributed by atoms with E-state index in [-0.39, 0.29) is 4.90 Å². The SMILES string of the molecule is Cc1ccc(S(=O)(=O)n2c(C)nc(-c3ccccc3)c2C)cc1. The van der Waals surface area contributed by atoms with Gasteiger partial charge in [0.05, 0.1) is 16.3 Å². The van der Waals surface area contributed by atoms with Crippen LogP contribution in [-0.2, 0) is 10.0 Å². The Hall–Kier alpha value is -2.40. The summed E-state index contributed by atoms with van der Waals surface area (Å²) < 4.78 is 27.2. The summed E-state index contributed by atoms with van der Waals surface area (Å²) in [5, 5.41) is 0. The van der Waals surface area contributed by atoms with Crippen molar-refractivity contribution in [1.29, 1.82) is 0 Å². The average Bonchev–Trinajstić information content (AvgIpc) is 2.84. The van der Waals surface area contributed by atoms with E-state index in [0.29, 0.717) is 17.2 Å². The highest BCUT2D eigenvalue weighted by Gasteiger charge is 2.24. The van der Waals surface area contributed by atoms with Crippen LogP contribution < -0.4 is 0 Å². The molecule has 0 N–H and O–H groups in total. The summed E-state index contributed by atoms with van der Waals surface area (Å²) >= 11 is 0. The molecule has 4 nitrogen and oxygen atoms in total. The number of imidazole rings is 1. The Morgan fingerprint density at radius 1 is 0.870 bits per heavy atom. The summed E-state index contributed by atoms with van der Waals surface area (Å²) in [5.41, 5.74) is 3.24. The predicted octanol–water partition coefficient (Wildman–Crippen LogP) is 3.71. The third kappa shape index (κ3) is 2.68. The minimum Gasteiger partial charge on any atom is -0.232 e. The zero-order valence-electron chi connectivity index (χ0n) is 13.3. The van der Waals surface area contributed by atoms with Crippen LogP contribution in [-0.4, -0.2) is 17.4 Å². The van der Waals surface area contributed by atoms with Crippen molar-refractivity contribution in [2.45, 2.75) is 25.7 Å². The van der Waals surface area contributed by atoms with Crippen molar-refractivity contribution >= 4 is 10.0 Å². The highest BCUT2D eigenvalue weighted by atomic mass is 32.2. The van der Waals surface area contributed by atoms with Gasteiger partial charge >= 0.3 is 0 Å². The van der Waals surface area contributed by atoms with Gasteiger partial charge in [-0.05, 0) is 32.9 Å². The number of rotatable bonds is 3. The molecule has 1 aromatic heterocycles. The molecule has 2 aromatic carbocycles. The van der Waals surface area contributed by atoms with E-state index in [1.807, 2.05) is 37.3 Å². The molecule has 0 saturated heterocycles. The van der Waals surface area contributed by atoms with Crippen LogP contribution >= 0.6 is 0 Å². The molecule has 3 aromatic rings. The van der Waals surface area contributed by atoms with Gasteiger partial charge in [0.1, 0.15) is 5.82 Å². The fraction of sp³-hybridized carbons (Fsp3) is 0.167. The Morgan fingerprint density at radius 2 is 1.48 bits per heavy atom. The van der Waals surface area contributed by atoms with Gasteiger partial charge in [0, 0.05) is 5.56 Å². The fourth-order valence-electron chi connectivity index (χ4n) is 2.67. The van der Waals surface area contributed by atoms with Gasteiger partial charge in [-0.2, -0.15) is 0 Å². The summed E-state index contributed by atoms with van der Waals surface area (Å²) in [5.74, 6) is 0.460. The van der Waals surface area contributed by atoms with Gasteiger partial charge in [0.2, 0.25) is 0 Å². The number of aryl methyl sites for hydroxylation is 2. The average molecular weight is 326 g/mol. The standard InChI is InChI=1S/C18H18N2O2S/c1-13-9-11-17(12-10-13)23(21,22)20-14(2)18(19-15(20)3)16-7-5-4-6-8-16/h4-12H,1-3H3. The van der Waals surface area contributed by atoms with E-state index in [4.69, 9.17) is 0 Å². The minimum absolute atomic E-state index is 0.270. The first-order valence-corrected chi connectivity index (χ1v) is 8.79. The first-order valence-electron chi connectivity index (χ1n) is 7.35. The highest BCUT2D eigenvalue weighted by molar-refractivity contribution is 7.90. The van der Waals surface area contributed by atoms with E-state index < -0.39 is 10.0 Å². The lowest BCUT2D eigenvalue weighted by Crippen LogP contribution is -2.16. The number of hydrogen-bond acceptors (Lipinski definition) is 3. The summed E-state index contributed by atoms with van der Waals surface area (Å²) in [6.07, 6.45) is 0. The first kappa shape index (κ1) is 15.5. The smallest absolute Gasteiger partial charge is 0.232 e. The molecule has 0 bridgehead atoms. The van der Waals surface area contributed by atoms with E-state index in [0.717, 1.165) is 11.1 Å². The van der Waals surface area contributed by atoms with Crippen LogP contribution in [0.2, 0.25) is 0 Å². The molecule has 0 unspecified atom stereocenters. The molecule has 0 aliphatic rings. The van der Waals surface area contributed by atoms with Gasteiger partial charge in [0.15, 0.2) is 0 Å². The zero-order chi connectivity index (χ0) is 16.6. The number of aromatic nitrogens is 2. The highest BCUT2D eigenvalue weighted by Crippen LogP contribution is 2.27. The topological polar surface area (TPSA) is 52.0 Å². The van der Waals surface area contributed by atoms with Crippen LogP contribution in [0.1, 0.15) is 17.1 Å². The second-order valence-electron chi connectivity index (χ2n) is 5.54. The maximum absolute atomic E-state index is 13.0. The molecule has 0 saturated carbocycles. The molecular formula is C18H18N2O2S. The molecule has 3 rings (SSSR count). The molecular weight excluding hydrogens is 308 g/mol. The zero-order valence-corrected chi connectivity index (χ0v) is 14.1. The molecule has 0 fully saturated rings. The number of nitrogens with zero attached hydrogens (tertiary/aromatic N) is 2. The Morgan fingerprint density at radius 3 is 2.09 bits per heavy atom. The quantitative estimate of drug-likeness (QED) is 0.737. The number of benzene rings is 2. The van der Waals surface area contributed by atoms with Crippen LogP contribution in [0.5, 0.6) is 0 Å². The van der Waals surface area contributed by atoms with Crippen LogP contribution in [0.15, 0.2) is 59.5 Å². The Kier molecular flexibility index (Phi) is 3.82. The maximum atomic E-state index is 13.0. The van der Waals surface area contributed by atoms with Crippen LogP contribution in [0, 0.1) is 20.8 Å². The summed E-state index contributed by atoms with van der Waals surface area (Å²) in [7, 11) is -3.65. The van der Waals surface area contributed by atoms with E-state index in [1.54, 1.807) is 38.1 Å². The van der Waals surface area contributed by atoms with E-state index in [9.17, 15) is 8.42 Å². The molecule has 1 heterocycles. The Balaban J connectivity index is 2.17. The van der Waals surface area contributed by atoms with Gasteiger partial charge in [-0.3, -0.25) is 0 Å². The van der Waals surface area contributed by atoms with Crippen molar-refractivity contribution in [3.05, 3.63) is 71.7 Å². The monoisotopic (exact) mass is 326 g/mol. The fourth-order valence-corrected chi connectivity index (χ4v) is 4.19. The first-order chi connectivity index (χ1) is 10.9. The third-order valence-corrected chi connectivity index (χ3v) is 5.71. The molecule has 0 atom stereocenters. The van der Waals surface area contributed by atoms with Gasteiger partial charge in [-0.15, -0.1) is 0 Å². The summed E-state index contributed by atoms with van der Waals surface area (Å²) in [6, 6.07) is 16.5. The Labute approximate surface area is 136 Å².